The van der Waals surface area contributed by atoms with Crippen molar-refractivity contribution in [3.63, 3.8) is 0 Å². The van der Waals surface area contributed by atoms with Crippen LogP contribution in [-0.2, 0) is 0 Å². The maximum atomic E-state index is 12.3. The van der Waals surface area contributed by atoms with Gasteiger partial charge in [-0.25, -0.2) is 4.68 Å². The van der Waals surface area contributed by atoms with E-state index in [1.807, 2.05) is 5.01 Å². The zero-order valence-electron chi connectivity index (χ0n) is 11.0. The van der Waals surface area contributed by atoms with Crippen LogP contribution in [0.4, 0.5) is 0 Å². The second kappa shape index (κ2) is 3.74. The van der Waals surface area contributed by atoms with Gasteiger partial charge in [-0.15, -0.1) is 0 Å². The molecule has 0 bridgehead atoms. The Labute approximate surface area is 109 Å². The van der Waals surface area contributed by atoms with E-state index in [4.69, 9.17) is 4.74 Å². The van der Waals surface area contributed by atoms with Crippen LogP contribution in [0.5, 0.6) is 5.75 Å². The van der Waals surface area contributed by atoms with Gasteiger partial charge in [-0.3, -0.25) is 14.6 Å². The molecule has 7 heteroatoms. The summed E-state index contributed by atoms with van der Waals surface area (Å²) < 4.78 is 6.75. The number of rotatable bonds is 1. The van der Waals surface area contributed by atoms with E-state index in [9.17, 15) is 14.7 Å². The molecule has 3 heterocycles. The Morgan fingerprint density at radius 2 is 2.05 bits per heavy atom. The maximum Gasteiger partial charge on any atom is 0.277 e. The monoisotopic (exact) mass is 265 g/mol. The van der Waals surface area contributed by atoms with Crippen LogP contribution in [0.25, 0.3) is 0 Å². The van der Waals surface area contributed by atoms with Gasteiger partial charge in [0.15, 0.2) is 11.4 Å². The zero-order valence-corrected chi connectivity index (χ0v) is 11.0. The molecule has 102 valence electrons. The fourth-order valence-electron chi connectivity index (χ4n) is 2.81. The fraction of sp³-hybridized carbons (Fsp3) is 0.500. The lowest BCUT2D eigenvalue weighted by Gasteiger charge is -2.35. The molecular formula is C12H15N3O4. The largest absolute Gasteiger partial charge is 0.491 e. The van der Waals surface area contributed by atoms with Gasteiger partial charge in [-0.1, -0.05) is 0 Å². The highest BCUT2D eigenvalue weighted by Gasteiger charge is 2.40. The number of hydrogen-bond acceptors (Lipinski definition) is 5. The summed E-state index contributed by atoms with van der Waals surface area (Å²) in [5.41, 5.74) is 0.766. The lowest BCUT2D eigenvalue weighted by atomic mass is 10.1. The van der Waals surface area contributed by atoms with E-state index in [2.05, 4.69) is 0 Å². The van der Waals surface area contributed by atoms with E-state index in [0.717, 1.165) is 0 Å². The molecule has 2 aliphatic heterocycles. The minimum atomic E-state index is -0.767. The average molecular weight is 265 g/mol. The second-order valence-corrected chi connectivity index (χ2v) is 4.88. The lowest BCUT2D eigenvalue weighted by molar-refractivity contribution is 0.0736. The molecule has 0 aromatic carbocycles. The second-order valence-electron chi connectivity index (χ2n) is 4.88. The molecule has 0 aliphatic carbocycles. The molecule has 1 aromatic heterocycles. The van der Waals surface area contributed by atoms with Gasteiger partial charge in [-0.2, -0.15) is 0 Å². The van der Waals surface area contributed by atoms with Crippen molar-refractivity contribution in [1.82, 2.24) is 9.58 Å². The standard InChI is InChI=1S/C12H15N3O4/c1-6-8-7(16)4-14-5-13(2)12(18)9(15(8)14)11(19-3)10(6)17/h7,16H,4-5H2,1-3H3. The smallest absolute Gasteiger partial charge is 0.277 e. The Bertz CT molecular complexity index is 637. The van der Waals surface area contributed by atoms with E-state index in [-0.39, 0.29) is 22.8 Å². The number of carbonyl (C=O) groups is 1. The van der Waals surface area contributed by atoms with E-state index in [0.29, 0.717) is 24.5 Å². The molecule has 0 spiro atoms. The normalized spacial score (nSPS) is 20.8. The van der Waals surface area contributed by atoms with Gasteiger partial charge in [0.2, 0.25) is 5.43 Å². The lowest BCUT2D eigenvalue weighted by Crippen LogP contribution is -2.51. The topological polar surface area (TPSA) is 75.0 Å². The van der Waals surface area contributed by atoms with Crippen molar-refractivity contribution in [2.24, 2.45) is 0 Å². The third-order valence-electron chi connectivity index (χ3n) is 3.70. The number of carbonyl (C=O) groups excluding carboxylic acids is 1. The summed E-state index contributed by atoms with van der Waals surface area (Å²) in [6.45, 7) is 2.38. The Balaban J connectivity index is 2.43. The Kier molecular flexibility index (Phi) is 2.37. The molecule has 19 heavy (non-hydrogen) atoms. The Morgan fingerprint density at radius 1 is 1.37 bits per heavy atom. The van der Waals surface area contributed by atoms with Gasteiger partial charge in [0.1, 0.15) is 12.8 Å². The number of aliphatic hydroxyl groups is 1. The van der Waals surface area contributed by atoms with Crippen LogP contribution < -0.4 is 15.2 Å². The summed E-state index contributed by atoms with van der Waals surface area (Å²) in [5.74, 6) is -0.238. The van der Waals surface area contributed by atoms with Gasteiger partial charge < -0.3 is 14.7 Å². The molecule has 0 saturated carbocycles. The number of aliphatic hydroxyl groups excluding tert-OH is 1. The summed E-state index contributed by atoms with van der Waals surface area (Å²) >= 11 is 0. The van der Waals surface area contributed by atoms with Crippen LogP contribution in [0, 0.1) is 6.92 Å². The van der Waals surface area contributed by atoms with Crippen molar-refractivity contribution in [3.05, 3.63) is 27.2 Å². The van der Waals surface area contributed by atoms with Crippen molar-refractivity contribution in [2.45, 2.75) is 13.0 Å². The Morgan fingerprint density at radius 3 is 2.68 bits per heavy atom. The number of methoxy groups -OCH3 is 1. The molecule has 2 aliphatic rings. The molecule has 1 N–H and O–H groups in total. The van der Waals surface area contributed by atoms with Gasteiger partial charge in [0.25, 0.3) is 5.91 Å². The molecule has 0 saturated heterocycles. The third kappa shape index (κ3) is 1.36. The molecular weight excluding hydrogens is 250 g/mol. The molecule has 7 nitrogen and oxygen atoms in total. The van der Waals surface area contributed by atoms with Crippen LogP contribution >= 0.6 is 0 Å². The van der Waals surface area contributed by atoms with E-state index in [1.165, 1.54) is 12.0 Å². The third-order valence-corrected chi connectivity index (χ3v) is 3.70. The first-order valence-corrected chi connectivity index (χ1v) is 5.99. The van der Waals surface area contributed by atoms with Gasteiger partial charge in [0, 0.05) is 12.6 Å². The summed E-state index contributed by atoms with van der Waals surface area (Å²) in [7, 11) is 3.03. The van der Waals surface area contributed by atoms with Crippen LogP contribution in [0.3, 0.4) is 0 Å². The van der Waals surface area contributed by atoms with Crippen LogP contribution in [-0.4, -0.2) is 48.0 Å². The molecule has 1 amide bonds. The predicted octanol–water partition coefficient (Wildman–Crippen LogP) is -0.807. The highest BCUT2D eigenvalue weighted by molar-refractivity contribution is 5.96. The summed E-state index contributed by atoms with van der Waals surface area (Å²) in [6.07, 6.45) is -0.767. The SMILES string of the molecule is COc1c2n3c(c(C)c1=O)C(O)CN3CN(C)C2=O. The number of hydrogen-bond donors (Lipinski definition) is 1. The number of amides is 1. The first-order valence-electron chi connectivity index (χ1n) is 5.99. The number of ether oxygens (including phenoxy) is 1. The van der Waals surface area contributed by atoms with Crippen molar-refractivity contribution in [3.8, 4) is 5.75 Å². The van der Waals surface area contributed by atoms with Crippen LogP contribution in [0.15, 0.2) is 4.79 Å². The fourth-order valence-corrected chi connectivity index (χ4v) is 2.81. The van der Waals surface area contributed by atoms with E-state index in [1.54, 1.807) is 18.6 Å². The van der Waals surface area contributed by atoms with Crippen molar-refractivity contribution >= 4 is 5.91 Å². The van der Waals surface area contributed by atoms with Crippen molar-refractivity contribution in [1.29, 1.82) is 0 Å². The molecule has 0 radical (unpaired) electrons. The maximum absolute atomic E-state index is 12.3. The molecule has 3 rings (SSSR count). The van der Waals surface area contributed by atoms with E-state index >= 15 is 0 Å². The minimum absolute atomic E-state index is 0.0388. The first kappa shape index (κ1) is 12.0. The summed E-state index contributed by atoms with van der Waals surface area (Å²) in [6, 6.07) is 0. The molecule has 1 aromatic rings. The van der Waals surface area contributed by atoms with E-state index < -0.39 is 6.10 Å². The minimum Gasteiger partial charge on any atom is -0.491 e. The number of aromatic nitrogens is 1. The molecule has 1 unspecified atom stereocenters. The van der Waals surface area contributed by atoms with Crippen LogP contribution in [0.2, 0.25) is 0 Å². The molecule has 0 fully saturated rings. The summed E-state index contributed by atoms with van der Waals surface area (Å²) in [5, 5.41) is 11.9. The number of nitrogens with zero attached hydrogens (tertiary/aromatic N) is 3. The highest BCUT2D eigenvalue weighted by Crippen LogP contribution is 2.32. The number of pyridine rings is 1. The average Bonchev–Trinajstić information content (AvgIpc) is 2.68. The zero-order chi connectivity index (χ0) is 13.9. The Hall–Kier alpha value is -2.02. The van der Waals surface area contributed by atoms with Gasteiger partial charge in [0.05, 0.1) is 19.3 Å². The van der Waals surface area contributed by atoms with Gasteiger partial charge >= 0.3 is 0 Å². The van der Waals surface area contributed by atoms with Crippen molar-refractivity contribution < 1.29 is 14.6 Å². The molecule has 1 atom stereocenters. The predicted molar refractivity (Wildman–Crippen MR) is 67.0 cm³/mol. The van der Waals surface area contributed by atoms with Crippen LogP contribution in [0.1, 0.15) is 27.8 Å². The highest BCUT2D eigenvalue weighted by atomic mass is 16.5. The quantitative estimate of drug-likeness (QED) is 0.719. The first-order chi connectivity index (χ1) is 8.97. The van der Waals surface area contributed by atoms with Gasteiger partial charge in [-0.05, 0) is 6.92 Å². The van der Waals surface area contributed by atoms with Crippen molar-refractivity contribution in [2.75, 3.05) is 32.4 Å². The summed E-state index contributed by atoms with van der Waals surface area (Å²) in [4.78, 5) is 26.0.